The van der Waals surface area contributed by atoms with Crippen molar-refractivity contribution in [3.05, 3.63) is 54.6 Å². The highest BCUT2D eigenvalue weighted by Gasteiger charge is 2.03. The average molecular weight is 396 g/mol. The lowest BCUT2D eigenvalue weighted by Gasteiger charge is -2.08. The molecule has 0 aromatic heterocycles. The summed E-state index contributed by atoms with van der Waals surface area (Å²) >= 11 is 0. The van der Waals surface area contributed by atoms with Gasteiger partial charge in [0.1, 0.15) is 11.5 Å². The Labute approximate surface area is 176 Å². The number of carbonyl (C=O) groups excluding carboxylic acids is 1. The van der Waals surface area contributed by atoms with Gasteiger partial charge in [0, 0.05) is 12.1 Å². The van der Waals surface area contributed by atoms with Crippen molar-refractivity contribution in [3.63, 3.8) is 0 Å². The van der Waals surface area contributed by atoms with Crippen LogP contribution in [0.3, 0.4) is 0 Å². The fourth-order valence-electron chi connectivity index (χ4n) is 3.40. The molecule has 2 aromatic rings. The van der Waals surface area contributed by atoms with Gasteiger partial charge < -0.3 is 10.1 Å². The van der Waals surface area contributed by atoms with Crippen molar-refractivity contribution in [2.75, 3.05) is 5.32 Å². The lowest BCUT2D eigenvalue weighted by molar-refractivity contribution is -0.116. The Hall–Kier alpha value is -2.29. The Kier molecular flexibility index (Phi) is 11.6. The Morgan fingerprint density at radius 1 is 0.690 bits per heavy atom. The third kappa shape index (κ3) is 10.7. The van der Waals surface area contributed by atoms with Crippen molar-refractivity contribution >= 4 is 11.6 Å². The minimum absolute atomic E-state index is 0.0950. The van der Waals surface area contributed by atoms with Crippen molar-refractivity contribution in [2.45, 2.75) is 84.0 Å². The number of carbonyl (C=O) groups is 1. The molecule has 0 heterocycles. The van der Waals surface area contributed by atoms with E-state index in [1.54, 1.807) is 0 Å². The molecule has 2 rings (SSSR count). The number of ether oxygens (including phenoxy) is 1. The second-order valence-corrected chi connectivity index (χ2v) is 7.77. The van der Waals surface area contributed by atoms with Gasteiger partial charge in [-0.1, -0.05) is 89.3 Å². The summed E-state index contributed by atoms with van der Waals surface area (Å²) in [4.78, 5) is 12.1. The fourth-order valence-corrected chi connectivity index (χ4v) is 3.40. The molecule has 0 radical (unpaired) electrons. The van der Waals surface area contributed by atoms with Gasteiger partial charge in [-0.2, -0.15) is 0 Å². The molecule has 0 unspecified atom stereocenters. The molecule has 0 bridgehead atoms. The number of benzene rings is 2. The minimum Gasteiger partial charge on any atom is -0.457 e. The largest absolute Gasteiger partial charge is 0.457 e. The summed E-state index contributed by atoms with van der Waals surface area (Å²) in [6.07, 6.45) is 14.9. The van der Waals surface area contributed by atoms with Crippen molar-refractivity contribution in [2.24, 2.45) is 0 Å². The van der Waals surface area contributed by atoms with E-state index in [0.29, 0.717) is 6.42 Å². The molecule has 0 aliphatic rings. The van der Waals surface area contributed by atoms with Gasteiger partial charge in [-0.15, -0.1) is 0 Å². The van der Waals surface area contributed by atoms with Crippen LogP contribution in [0.15, 0.2) is 54.6 Å². The molecule has 0 atom stereocenters. The third-order valence-corrected chi connectivity index (χ3v) is 5.12. The number of para-hydroxylation sites is 1. The molecule has 0 saturated carbocycles. The van der Waals surface area contributed by atoms with E-state index in [1.165, 1.54) is 57.8 Å². The van der Waals surface area contributed by atoms with Crippen LogP contribution in [0.4, 0.5) is 5.69 Å². The second-order valence-electron chi connectivity index (χ2n) is 7.77. The average Bonchev–Trinajstić information content (AvgIpc) is 2.74. The maximum atomic E-state index is 12.1. The number of anilines is 1. The van der Waals surface area contributed by atoms with Crippen LogP contribution in [-0.4, -0.2) is 5.91 Å². The van der Waals surface area contributed by atoms with Crippen molar-refractivity contribution in [1.82, 2.24) is 0 Å². The van der Waals surface area contributed by atoms with Gasteiger partial charge in [-0.25, -0.2) is 0 Å². The normalized spacial score (nSPS) is 10.7. The number of amides is 1. The monoisotopic (exact) mass is 395 g/mol. The molecule has 3 heteroatoms. The van der Waals surface area contributed by atoms with Crippen LogP contribution in [0.25, 0.3) is 0 Å². The standard InChI is InChI=1S/C26H37NO2/c1-2-3-4-5-6-7-8-9-10-11-15-18-26(28)27-23-19-21-25(22-20-23)29-24-16-13-12-14-17-24/h12-14,16-17,19-22H,2-11,15,18H2,1H3,(H,27,28). The maximum absolute atomic E-state index is 12.1. The third-order valence-electron chi connectivity index (χ3n) is 5.12. The van der Waals surface area contributed by atoms with Crippen LogP contribution < -0.4 is 10.1 Å². The van der Waals surface area contributed by atoms with Crippen LogP contribution in [0.1, 0.15) is 84.0 Å². The van der Waals surface area contributed by atoms with Gasteiger partial charge in [0.2, 0.25) is 5.91 Å². The SMILES string of the molecule is CCCCCCCCCCCCCC(=O)Nc1ccc(Oc2ccccc2)cc1. The molecule has 1 amide bonds. The van der Waals surface area contributed by atoms with Crippen LogP contribution in [0, 0.1) is 0 Å². The molecule has 29 heavy (non-hydrogen) atoms. The van der Waals surface area contributed by atoms with Gasteiger partial charge in [-0.3, -0.25) is 4.79 Å². The van der Waals surface area contributed by atoms with Crippen LogP contribution >= 0.6 is 0 Å². The molecule has 0 fully saturated rings. The van der Waals surface area contributed by atoms with Gasteiger partial charge in [0.15, 0.2) is 0 Å². The summed E-state index contributed by atoms with van der Waals surface area (Å²) in [6.45, 7) is 2.26. The first kappa shape index (κ1) is 23.0. The Morgan fingerprint density at radius 3 is 1.79 bits per heavy atom. The Bertz CT molecular complexity index is 667. The molecule has 1 N–H and O–H groups in total. The summed E-state index contributed by atoms with van der Waals surface area (Å²) in [5.41, 5.74) is 0.818. The van der Waals surface area contributed by atoms with Crippen molar-refractivity contribution in [3.8, 4) is 11.5 Å². The molecule has 3 nitrogen and oxygen atoms in total. The van der Waals surface area contributed by atoms with Gasteiger partial charge in [-0.05, 0) is 42.8 Å². The Balaban J connectivity index is 1.51. The highest BCUT2D eigenvalue weighted by atomic mass is 16.5. The van der Waals surface area contributed by atoms with Crippen LogP contribution in [-0.2, 0) is 4.79 Å². The molecule has 158 valence electrons. The zero-order valence-electron chi connectivity index (χ0n) is 18.0. The first-order valence-corrected chi connectivity index (χ1v) is 11.4. The topological polar surface area (TPSA) is 38.3 Å². The molecular formula is C26H37NO2. The van der Waals surface area contributed by atoms with E-state index in [9.17, 15) is 4.79 Å². The van der Waals surface area contributed by atoms with Crippen LogP contribution in [0.5, 0.6) is 11.5 Å². The highest BCUT2D eigenvalue weighted by Crippen LogP contribution is 2.22. The quantitative estimate of drug-likeness (QED) is 0.309. The first-order chi connectivity index (χ1) is 14.3. The molecule has 0 spiro atoms. The van der Waals surface area contributed by atoms with Crippen molar-refractivity contribution < 1.29 is 9.53 Å². The molecule has 0 saturated heterocycles. The zero-order valence-corrected chi connectivity index (χ0v) is 18.0. The second kappa shape index (κ2) is 14.7. The number of unbranched alkanes of at least 4 members (excludes halogenated alkanes) is 10. The zero-order chi connectivity index (χ0) is 20.6. The number of nitrogens with one attached hydrogen (secondary N) is 1. The number of hydrogen-bond acceptors (Lipinski definition) is 2. The van der Waals surface area contributed by atoms with Gasteiger partial charge in [0.05, 0.1) is 0 Å². The Morgan fingerprint density at radius 2 is 1.21 bits per heavy atom. The molecule has 0 aliphatic heterocycles. The van der Waals surface area contributed by atoms with E-state index < -0.39 is 0 Å². The predicted molar refractivity (Wildman–Crippen MR) is 123 cm³/mol. The smallest absolute Gasteiger partial charge is 0.224 e. The summed E-state index contributed by atoms with van der Waals surface area (Å²) in [5, 5.41) is 2.97. The highest BCUT2D eigenvalue weighted by molar-refractivity contribution is 5.90. The molecule has 2 aromatic carbocycles. The van der Waals surface area contributed by atoms with E-state index >= 15 is 0 Å². The van der Waals surface area contributed by atoms with E-state index in [2.05, 4.69) is 12.2 Å². The van der Waals surface area contributed by atoms with Gasteiger partial charge in [0.25, 0.3) is 0 Å². The van der Waals surface area contributed by atoms with E-state index in [1.807, 2.05) is 54.6 Å². The van der Waals surface area contributed by atoms with Gasteiger partial charge >= 0.3 is 0 Å². The summed E-state index contributed by atoms with van der Waals surface area (Å²) < 4.78 is 5.77. The summed E-state index contributed by atoms with van der Waals surface area (Å²) in [6, 6.07) is 17.2. The minimum atomic E-state index is 0.0950. The lowest BCUT2D eigenvalue weighted by atomic mass is 10.1. The van der Waals surface area contributed by atoms with Crippen molar-refractivity contribution in [1.29, 1.82) is 0 Å². The number of rotatable bonds is 15. The summed E-state index contributed by atoms with van der Waals surface area (Å²) in [5.74, 6) is 1.66. The van der Waals surface area contributed by atoms with Crippen LogP contribution in [0.2, 0.25) is 0 Å². The first-order valence-electron chi connectivity index (χ1n) is 11.4. The maximum Gasteiger partial charge on any atom is 0.224 e. The lowest BCUT2D eigenvalue weighted by Crippen LogP contribution is -2.10. The van der Waals surface area contributed by atoms with E-state index in [-0.39, 0.29) is 5.91 Å². The van der Waals surface area contributed by atoms with E-state index in [0.717, 1.165) is 30.0 Å². The molecule has 0 aliphatic carbocycles. The predicted octanol–water partition coefficient (Wildman–Crippen LogP) is 8.12. The summed E-state index contributed by atoms with van der Waals surface area (Å²) in [7, 11) is 0. The fraction of sp³-hybridized carbons (Fsp3) is 0.500. The molecular weight excluding hydrogens is 358 g/mol. The van der Waals surface area contributed by atoms with E-state index in [4.69, 9.17) is 4.74 Å². The number of hydrogen-bond donors (Lipinski definition) is 1.